The molecule has 1 aromatic carbocycles. The van der Waals surface area contributed by atoms with Crippen LogP contribution in [-0.4, -0.2) is 11.8 Å². The summed E-state index contributed by atoms with van der Waals surface area (Å²) in [6.07, 6.45) is 2.22. The van der Waals surface area contributed by atoms with Gasteiger partial charge in [0, 0.05) is 0 Å². The van der Waals surface area contributed by atoms with Crippen molar-refractivity contribution in [3.05, 3.63) is 30.3 Å². The molecule has 1 nitrogen and oxygen atoms in total. The molecular formula is C11H18NS+. The predicted molar refractivity (Wildman–Crippen MR) is 60.9 cm³/mol. The summed E-state index contributed by atoms with van der Waals surface area (Å²) >= 11 is 0.147. The molecule has 0 aromatic heterocycles. The Bertz CT molecular complexity index is 251. The van der Waals surface area contributed by atoms with Crippen LogP contribution in [0.4, 0.5) is 0 Å². The van der Waals surface area contributed by atoms with Crippen molar-refractivity contribution in [1.82, 2.24) is 4.72 Å². The van der Waals surface area contributed by atoms with Gasteiger partial charge in [0.05, 0.1) is 5.54 Å². The van der Waals surface area contributed by atoms with Crippen LogP contribution < -0.4 is 4.72 Å². The van der Waals surface area contributed by atoms with E-state index >= 15 is 0 Å². The Morgan fingerprint density at radius 2 is 1.62 bits per heavy atom. The van der Waals surface area contributed by atoms with E-state index in [-0.39, 0.29) is 16.6 Å². The van der Waals surface area contributed by atoms with E-state index in [1.807, 2.05) is 0 Å². The minimum atomic E-state index is 0.147. The Morgan fingerprint density at radius 1 is 1.08 bits per heavy atom. The molecule has 72 valence electrons. The van der Waals surface area contributed by atoms with Crippen LogP contribution in [0.3, 0.4) is 0 Å². The van der Waals surface area contributed by atoms with E-state index in [9.17, 15) is 0 Å². The van der Waals surface area contributed by atoms with Crippen molar-refractivity contribution in [3.63, 3.8) is 0 Å². The number of hydrogen-bond donors (Lipinski definition) is 1. The quantitative estimate of drug-likeness (QED) is 0.717. The zero-order chi connectivity index (χ0) is 9.90. The number of hydrogen-bond acceptors (Lipinski definition) is 1. The van der Waals surface area contributed by atoms with Gasteiger partial charge < -0.3 is 0 Å². The summed E-state index contributed by atoms with van der Waals surface area (Å²) in [6, 6.07) is 10.6. The van der Waals surface area contributed by atoms with Crippen LogP contribution in [-0.2, 0) is 11.1 Å². The Balaban J connectivity index is 2.64. The molecule has 0 aliphatic rings. The summed E-state index contributed by atoms with van der Waals surface area (Å²) in [7, 11) is 0. The lowest BCUT2D eigenvalue weighted by atomic mass is 10.1. The summed E-state index contributed by atoms with van der Waals surface area (Å²) in [6.45, 7) is 6.58. The highest BCUT2D eigenvalue weighted by atomic mass is 32.2. The molecule has 1 N–H and O–H groups in total. The van der Waals surface area contributed by atoms with Crippen LogP contribution >= 0.6 is 0 Å². The van der Waals surface area contributed by atoms with Gasteiger partial charge in [0.25, 0.3) is 0 Å². The summed E-state index contributed by atoms with van der Waals surface area (Å²) in [5.41, 5.74) is 0.188. The summed E-state index contributed by atoms with van der Waals surface area (Å²) in [5.74, 6) is 0. The van der Waals surface area contributed by atoms with Gasteiger partial charge in [-0.25, -0.2) is 0 Å². The third kappa shape index (κ3) is 3.83. The van der Waals surface area contributed by atoms with Gasteiger partial charge in [0.15, 0.2) is 4.90 Å². The largest absolute Gasteiger partial charge is 0.175 e. The van der Waals surface area contributed by atoms with Crippen LogP contribution in [0.15, 0.2) is 35.2 Å². The third-order valence-corrected chi connectivity index (χ3v) is 3.45. The Kier molecular flexibility index (Phi) is 3.40. The highest BCUT2D eigenvalue weighted by Crippen LogP contribution is 2.11. The molecule has 1 rings (SSSR count). The maximum atomic E-state index is 3.56. The standard InChI is InChI=1S/C11H18NS/c1-11(2,3)12-13(4)10-8-6-5-7-9-10/h5-9,12H,1-4H3/q+1. The van der Waals surface area contributed by atoms with Gasteiger partial charge in [-0.05, 0) is 32.9 Å². The zero-order valence-electron chi connectivity index (χ0n) is 8.79. The molecule has 0 heterocycles. The van der Waals surface area contributed by atoms with Crippen LogP contribution in [0.25, 0.3) is 0 Å². The monoisotopic (exact) mass is 196 g/mol. The second-order valence-corrected chi connectivity index (χ2v) is 5.87. The van der Waals surface area contributed by atoms with Gasteiger partial charge in [-0.3, -0.25) is 0 Å². The van der Waals surface area contributed by atoms with Gasteiger partial charge in [0.1, 0.15) is 17.3 Å². The van der Waals surface area contributed by atoms with E-state index in [2.05, 4.69) is 62.1 Å². The Hall–Kier alpha value is -0.470. The first-order valence-electron chi connectivity index (χ1n) is 4.48. The second-order valence-electron chi connectivity index (χ2n) is 4.18. The van der Waals surface area contributed by atoms with E-state index in [0.29, 0.717) is 0 Å². The van der Waals surface area contributed by atoms with E-state index in [1.165, 1.54) is 4.90 Å². The minimum Gasteiger partial charge on any atom is -0.128 e. The van der Waals surface area contributed by atoms with Crippen molar-refractivity contribution in [1.29, 1.82) is 0 Å². The van der Waals surface area contributed by atoms with E-state index < -0.39 is 0 Å². The van der Waals surface area contributed by atoms with Gasteiger partial charge in [-0.1, -0.05) is 18.2 Å². The van der Waals surface area contributed by atoms with E-state index in [0.717, 1.165) is 0 Å². The lowest BCUT2D eigenvalue weighted by Gasteiger charge is -2.17. The molecule has 0 aliphatic carbocycles. The highest BCUT2D eigenvalue weighted by molar-refractivity contribution is 7.94. The van der Waals surface area contributed by atoms with Gasteiger partial charge >= 0.3 is 0 Å². The topological polar surface area (TPSA) is 12.0 Å². The van der Waals surface area contributed by atoms with Crippen molar-refractivity contribution >= 4 is 11.1 Å². The first-order valence-corrected chi connectivity index (χ1v) is 6.11. The first kappa shape index (κ1) is 10.6. The zero-order valence-corrected chi connectivity index (χ0v) is 9.61. The maximum absolute atomic E-state index is 3.56. The number of benzene rings is 1. The summed E-state index contributed by atoms with van der Waals surface area (Å²) in [4.78, 5) is 1.37. The second kappa shape index (κ2) is 4.16. The normalized spacial score (nSPS) is 14.2. The van der Waals surface area contributed by atoms with Crippen molar-refractivity contribution < 1.29 is 0 Å². The first-order chi connectivity index (χ1) is 5.99. The minimum absolute atomic E-state index is 0.147. The molecule has 13 heavy (non-hydrogen) atoms. The molecule has 0 saturated carbocycles. The molecule has 1 atom stereocenters. The molecule has 0 fully saturated rings. The summed E-state index contributed by atoms with van der Waals surface area (Å²) < 4.78 is 3.56. The number of nitrogens with one attached hydrogen (secondary N) is 1. The average molecular weight is 196 g/mol. The number of rotatable bonds is 2. The van der Waals surface area contributed by atoms with Crippen molar-refractivity contribution in [2.75, 3.05) is 6.26 Å². The van der Waals surface area contributed by atoms with Crippen molar-refractivity contribution in [2.45, 2.75) is 31.2 Å². The van der Waals surface area contributed by atoms with E-state index in [1.54, 1.807) is 0 Å². The average Bonchev–Trinajstić information content (AvgIpc) is 2.03. The third-order valence-electron chi connectivity index (χ3n) is 1.56. The fourth-order valence-electron chi connectivity index (χ4n) is 1.14. The molecule has 2 heteroatoms. The Morgan fingerprint density at radius 3 is 2.08 bits per heavy atom. The predicted octanol–water partition coefficient (Wildman–Crippen LogP) is 2.60. The molecule has 0 amide bonds. The van der Waals surface area contributed by atoms with Crippen molar-refractivity contribution in [2.24, 2.45) is 0 Å². The van der Waals surface area contributed by atoms with Gasteiger partial charge in [-0.15, -0.1) is 4.72 Å². The van der Waals surface area contributed by atoms with Crippen LogP contribution in [0.2, 0.25) is 0 Å². The molecule has 0 saturated heterocycles. The molecule has 0 radical (unpaired) electrons. The van der Waals surface area contributed by atoms with Crippen molar-refractivity contribution in [3.8, 4) is 0 Å². The molecule has 1 unspecified atom stereocenters. The van der Waals surface area contributed by atoms with Crippen LogP contribution in [0.1, 0.15) is 20.8 Å². The van der Waals surface area contributed by atoms with Crippen LogP contribution in [0, 0.1) is 0 Å². The van der Waals surface area contributed by atoms with E-state index in [4.69, 9.17) is 0 Å². The molecule has 0 spiro atoms. The molecule has 0 bridgehead atoms. The molecule has 0 aliphatic heterocycles. The van der Waals surface area contributed by atoms with Gasteiger partial charge in [0.2, 0.25) is 0 Å². The highest BCUT2D eigenvalue weighted by Gasteiger charge is 2.22. The van der Waals surface area contributed by atoms with Gasteiger partial charge in [-0.2, -0.15) is 0 Å². The fraction of sp³-hybridized carbons (Fsp3) is 0.455. The lowest BCUT2D eigenvalue weighted by Crippen LogP contribution is -2.39. The SMILES string of the molecule is C[S+](NC(C)(C)C)c1ccccc1. The van der Waals surface area contributed by atoms with Crippen LogP contribution in [0.5, 0.6) is 0 Å². The lowest BCUT2D eigenvalue weighted by molar-refractivity contribution is 0.532. The molecule has 1 aromatic rings. The fourth-order valence-corrected chi connectivity index (χ4v) is 2.74. The Labute approximate surface area is 84.0 Å². The smallest absolute Gasteiger partial charge is 0.128 e. The summed E-state index contributed by atoms with van der Waals surface area (Å²) in [5, 5.41) is 0. The maximum Gasteiger partial charge on any atom is 0.175 e. The molecular weight excluding hydrogens is 178 g/mol.